The number of likely N-dealkylation sites (N-methyl/N-ethyl adjacent to an activating group) is 1. The number of carbonyl (C=O) groups excluding carboxylic acids is 1. The largest absolute Gasteiger partial charge is 0.374 e. The van der Waals surface area contributed by atoms with Crippen molar-refractivity contribution in [2.24, 2.45) is 0 Å². The number of aromatic nitrogens is 1. The first-order chi connectivity index (χ1) is 10.2. The second kappa shape index (κ2) is 7.41. The Balaban J connectivity index is 1.91. The zero-order chi connectivity index (χ0) is 15.1. The summed E-state index contributed by atoms with van der Waals surface area (Å²) in [4.78, 5) is 20.2. The van der Waals surface area contributed by atoms with Gasteiger partial charge in [0.05, 0.1) is 0 Å². The van der Waals surface area contributed by atoms with Gasteiger partial charge in [-0.1, -0.05) is 6.07 Å². The molecular formula is C15H19N5O. The van der Waals surface area contributed by atoms with Crippen LogP contribution in [-0.4, -0.2) is 53.9 Å². The Morgan fingerprint density at radius 2 is 2.24 bits per heavy atom. The van der Waals surface area contributed by atoms with Gasteiger partial charge in [-0.2, -0.15) is 5.26 Å². The molecular weight excluding hydrogens is 266 g/mol. The summed E-state index contributed by atoms with van der Waals surface area (Å²) in [6.45, 7) is 3.91. The Labute approximate surface area is 124 Å². The maximum Gasteiger partial charge on any atom is 0.263 e. The van der Waals surface area contributed by atoms with Crippen LogP contribution in [0.15, 0.2) is 36.3 Å². The maximum atomic E-state index is 12.0. The van der Waals surface area contributed by atoms with Crippen LogP contribution in [0.1, 0.15) is 5.56 Å². The van der Waals surface area contributed by atoms with Crippen molar-refractivity contribution in [1.29, 1.82) is 5.26 Å². The normalized spacial score (nSPS) is 16.4. The molecule has 0 aliphatic carbocycles. The highest BCUT2D eigenvalue weighted by atomic mass is 16.1. The van der Waals surface area contributed by atoms with Gasteiger partial charge in [-0.3, -0.25) is 9.78 Å². The van der Waals surface area contributed by atoms with Crippen molar-refractivity contribution < 1.29 is 4.79 Å². The molecule has 0 bridgehead atoms. The minimum Gasteiger partial charge on any atom is -0.374 e. The number of carbonyl (C=O) groups is 1. The van der Waals surface area contributed by atoms with Crippen molar-refractivity contribution in [1.82, 2.24) is 20.1 Å². The Bertz CT molecular complexity index is 541. The molecule has 0 radical (unpaired) electrons. The van der Waals surface area contributed by atoms with E-state index in [1.807, 2.05) is 23.1 Å². The lowest BCUT2D eigenvalue weighted by Crippen LogP contribution is -2.42. The van der Waals surface area contributed by atoms with Gasteiger partial charge in [0.25, 0.3) is 5.91 Å². The highest BCUT2D eigenvalue weighted by Crippen LogP contribution is 2.04. The van der Waals surface area contributed by atoms with Gasteiger partial charge in [-0.25, -0.2) is 0 Å². The molecule has 1 saturated heterocycles. The highest BCUT2D eigenvalue weighted by molar-refractivity contribution is 5.97. The lowest BCUT2D eigenvalue weighted by atomic mass is 10.2. The zero-order valence-electron chi connectivity index (χ0n) is 12.1. The van der Waals surface area contributed by atoms with Gasteiger partial charge in [0.2, 0.25) is 0 Å². The Kier molecular flexibility index (Phi) is 5.29. The van der Waals surface area contributed by atoms with Crippen LogP contribution in [0.3, 0.4) is 0 Å². The number of rotatable bonds is 4. The highest BCUT2D eigenvalue weighted by Gasteiger charge is 2.14. The summed E-state index contributed by atoms with van der Waals surface area (Å²) in [7, 11) is 2.06. The average molecular weight is 285 g/mol. The second-order valence-corrected chi connectivity index (χ2v) is 5.04. The molecule has 110 valence electrons. The number of amides is 1. The van der Waals surface area contributed by atoms with E-state index >= 15 is 0 Å². The van der Waals surface area contributed by atoms with E-state index in [0.29, 0.717) is 6.54 Å². The maximum absolute atomic E-state index is 12.0. The number of nitriles is 1. The number of nitrogens with one attached hydrogen (secondary N) is 1. The summed E-state index contributed by atoms with van der Waals surface area (Å²) in [5.41, 5.74) is 1.05. The van der Waals surface area contributed by atoms with Crippen molar-refractivity contribution in [2.45, 2.75) is 6.54 Å². The van der Waals surface area contributed by atoms with Crippen molar-refractivity contribution in [3.8, 4) is 6.07 Å². The number of hydrogen-bond donors (Lipinski definition) is 1. The number of pyridine rings is 1. The Morgan fingerprint density at radius 3 is 2.86 bits per heavy atom. The smallest absolute Gasteiger partial charge is 0.263 e. The van der Waals surface area contributed by atoms with Crippen molar-refractivity contribution in [3.63, 3.8) is 0 Å². The number of piperazine rings is 1. The molecule has 1 N–H and O–H groups in total. The third-order valence-electron chi connectivity index (χ3n) is 3.39. The molecule has 1 aliphatic rings. The zero-order valence-corrected chi connectivity index (χ0v) is 12.1. The summed E-state index contributed by atoms with van der Waals surface area (Å²) in [6, 6.07) is 5.67. The molecule has 6 nitrogen and oxygen atoms in total. The van der Waals surface area contributed by atoms with Crippen molar-refractivity contribution in [3.05, 3.63) is 41.9 Å². The molecule has 1 aromatic heterocycles. The molecule has 1 amide bonds. The van der Waals surface area contributed by atoms with E-state index in [2.05, 4.69) is 22.2 Å². The third-order valence-corrected chi connectivity index (χ3v) is 3.39. The van der Waals surface area contributed by atoms with Gasteiger partial charge in [0, 0.05) is 51.3 Å². The molecule has 1 aliphatic heterocycles. The fraction of sp³-hybridized carbons (Fsp3) is 0.400. The predicted molar refractivity (Wildman–Crippen MR) is 78.8 cm³/mol. The second-order valence-electron chi connectivity index (χ2n) is 5.04. The Hall–Kier alpha value is -2.39. The number of hydrogen-bond acceptors (Lipinski definition) is 5. The van der Waals surface area contributed by atoms with Crippen molar-refractivity contribution in [2.75, 3.05) is 33.2 Å². The van der Waals surface area contributed by atoms with E-state index in [0.717, 1.165) is 31.7 Å². The topological polar surface area (TPSA) is 72.3 Å². The Morgan fingerprint density at radius 1 is 1.48 bits per heavy atom. The van der Waals surface area contributed by atoms with Crippen LogP contribution < -0.4 is 5.32 Å². The molecule has 0 saturated carbocycles. The molecule has 0 spiro atoms. The van der Waals surface area contributed by atoms with Crippen LogP contribution in [0.5, 0.6) is 0 Å². The van der Waals surface area contributed by atoms with E-state index in [9.17, 15) is 4.79 Å². The summed E-state index contributed by atoms with van der Waals surface area (Å²) in [5.74, 6) is -0.347. The molecule has 21 heavy (non-hydrogen) atoms. The quantitative estimate of drug-likeness (QED) is 0.638. The molecule has 2 heterocycles. The molecule has 1 aromatic rings. The van der Waals surface area contributed by atoms with Gasteiger partial charge < -0.3 is 15.1 Å². The van der Waals surface area contributed by atoms with Crippen LogP contribution in [0.25, 0.3) is 0 Å². The first-order valence-corrected chi connectivity index (χ1v) is 6.90. The lowest BCUT2D eigenvalue weighted by molar-refractivity contribution is -0.117. The van der Waals surface area contributed by atoms with Crippen LogP contribution in [0.2, 0.25) is 0 Å². The predicted octanol–water partition coefficient (Wildman–Crippen LogP) is 0.353. The van der Waals surface area contributed by atoms with E-state index in [4.69, 9.17) is 5.26 Å². The van der Waals surface area contributed by atoms with Gasteiger partial charge in [0.1, 0.15) is 11.6 Å². The third kappa shape index (κ3) is 4.58. The van der Waals surface area contributed by atoms with E-state index in [1.165, 1.54) is 0 Å². The SMILES string of the molecule is CN1CCN(/C=C(/C#N)C(=O)NCc2cccnc2)CC1. The summed E-state index contributed by atoms with van der Waals surface area (Å²) in [6.07, 6.45) is 5.03. The monoisotopic (exact) mass is 285 g/mol. The standard InChI is InChI=1S/C15H19N5O/c1-19-5-7-20(8-6-19)12-14(9-16)15(21)18-11-13-3-2-4-17-10-13/h2-4,10,12H,5-8,11H2,1H3,(H,18,21)/b14-12-. The minimum absolute atomic E-state index is 0.142. The molecule has 1 fully saturated rings. The first-order valence-electron chi connectivity index (χ1n) is 6.90. The minimum atomic E-state index is -0.347. The van der Waals surface area contributed by atoms with Crippen LogP contribution in [-0.2, 0) is 11.3 Å². The summed E-state index contributed by atoms with van der Waals surface area (Å²) < 4.78 is 0. The molecule has 2 rings (SSSR count). The molecule has 0 aromatic carbocycles. The van der Waals surface area contributed by atoms with E-state index < -0.39 is 0 Å². The molecule has 0 unspecified atom stereocenters. The van der Waals surface area contributed by atoms with E-state index in [1.54, 1.807) is 18.6 Å². The number of nitrogens with zero attached hydrogens (tertiary/aromatic N) is 4. The van der Waals surface area contributed by atoms with Crippen LogP contribution in [0.4, 0.5) is 0 Å². The van der Waals surface area contributed by atoms with Crippen molar-refractivity contribution >= 4 is 5.91 Å². The van der Waals surface area contributed by atoms with E-state index in [-0.39, 0.29) is 11.5 Å². The van der Waals surface area contributed by atoms with Crippen LogP contribution in [0, 0.1) is 11.3 Å². The fourth-order valence-electron chi connectivity index (χ4n) is 2.05. The molecule has 6 heteroatoms. The van der Waals surface area contributed by atoms with Gasteiger partial charge >= 0.3 is 0 Å². The lowest BCUT2D eigenvalue weighted by Gasteiger charge is -2.31. The summed E-state index contributed by atoms with van der Waals surface area (Å²) >= 11 is 0. The summed E-state index contributed by atoms with van der Waals surface area (Å²) in [5, 5.41) is 11.9. The average Bonchev–Trinajstić information content (AvgIpc) is 2.53. The van der Waals surface area contributed by atoms with Crippen LogP contribution >= 0.6 is 0 Å². The van der Waals surface area contributed by atoms with Gasteiger partial charge in [-0.05, 0) is 18.7 Å². The van der Waals surface area contributed by atoms with Gasteiger partial charge in [-0.15, -0.1) is 0 Å². The molecule has 0 atom stereocenters. The first kappa shape index (κ1) is 15.0. The fourth-order valence-corrected chi connectivity index (χ4v) is 2.05. The van der Waals surface area contributed by atoms with Gasteiger partial charge in [0.15, 0.2) is 0 Å².